The van der Waals surface area contributed by atoms with Crippen molar-refractivity contribution < 1.29 is 14.3 Å². The number of methoxy groups -OCH3 is 1. The van der Waals surface area contributed by atoms with E-state index in [0.717, 1.165) is 0 Å². The second-order valence-corrected chi connectivity index (χ2v) is 5.64. The minimum Gasteiger partial charge on any atom is -0.497 e. The normalized spacial score (nSPS) is 11.6. The zero-order valence-corrected chi connectivity index (χ0v) is 14.3. The highest BCUT2D eigenvalue weighted by Crippen LogP contribution is 2.25. The number of aromatic nitrogens is 2. The number of anilines is 1. The molecular weight excluding hydrogens is 332 g/mol. The monoisotopic (exact) mass is 348 g/mol. The molecule has 0 saturated carbocycles. The first kappa shape index (κ1) is 17.2. The van der Waals surface area contributed by atoms with Crippen LogP contribution in [-0.2, 0) is 11.8 Å². The maximum Gasteiger partial charge on any atom is 0.249 e. The van der Waals surface area contributed by atoms with Crippen molar-refractivity contribution in [3.05, 3.63) is 54.2 Å². The fourth-order valence-corrected chi connectivity index (χ4v) is 2.66. The fourth-order valence-electron chi connectivity index (χ4n) is 2.66. The molecule has 3 aromatic rings. The molecule has 7 nitrogen and oxygen atoms in total. The molecular formula is C19H16N4O3. The number of nitrogens with one attached hydrogen (secondary N) is 1. The molecule has 1 heterocycles. The average Bonchev–Trinajstić information content (AvgIpc) is 2.99. The Kier molecular flexibility index (Phi) is 4.67. The van der Waals surface area contributed by atoms with E-state index in [9.17, 15) is 14.9 Å². The SMILES string of the molecule is COc1ccc2c(c1)c(C(=O)C(C#N)C(=O)Nc1ccccc1)nn2C. The lowest BCUT2D eigenvalue weighted by atomic mass is 9.99. The molecule has 1 aromatic heterocycles. The molecule has 2 aromatic carbocycles. The van der Waals surface area contributed by atoms with Gasteiger partial charge in [-0.3, -0.25) is 14.3 Å². The van der Waals surface area contributed by atoms with Gasteiger partial charge in [-0.05, 0) is 30.3 Å². The number of carbonyl (C=O) groups excluding carboxylic acids is 2. The molecule has 0 fully saturated rings. The zero-order chi connectivity index (χ0) is 18.7. The van der Waals surface area contributed by atoms with Crippen molar-refractivity contribution in [2.75, 3.05) is 12.4 Å². The van der Waals surface area contributed by atoms with Crippen molar-refractivity contribution in [2.45, 2.75) is 0 Å². The molecule has 3 rings (SSSR count). The van der Waals surface area contributed by atoms with Gasteiger partial charge < -0.3 is 10.1 Å². The molecule has 0 aliphatic carbocycles. The molecule has 0 saturated heterocycles. The van der Waals surface area contributed by atoms with Crippen molar-refractivity contribution in [3.63, 3.8) is 0 Å². The Morgan fingerprint density at radius 1 is 1.23 bits per heavy atom. The summed E-state index contributed by atoms with van der Waals surface area (Å²) in [6, 6.07) is 15.6. The second kappa shape index (κ2) is 7.07. The van der Waals surface area contributed by atoms with Gasteiger partial charge in [-0.1, -0.05) is 18.2 Å². The number of para-hydroxylation sites is 1. The van der Waals surface area contributed by atoms with Crippen molar-refractivity contribution in [1.29, 1.82) is 5.26 Å². The Labute approximate surface area is 149 Å². The van der Waals surface area contributed by atoms with Gasteiger partial charge in [-0.2, -0.15) is 10.4 Å². The number of fused-ring (bicyclic) bond motifs is 1. The lowest BCUT2D eigenvalue weighted by molar-refractivity contribution is -0.117. The van der Waals surface area contributed by atoms with Gasteiger partial charge in [0.2, 0.25) is 11.7 Å². The van der Waals surface area contributed by atoms with Gasteiger partial charge in [0, 0.05) is 18.1 Å². The summed E-state index contributed by atoms with van der Waals surface area (Å²) in [4.78, 5) is 25.2. The van der Waals surface area contributed by atoms with Crippen molar-refractivity contribution in [3.8, 4) is 11.8 Å². The molecule has 0 aliphatic heterocycles. The average molecular weight is 348 g/mol. The summed E-state index contributed by atoms with van der Waals surface area (Å²) in [5.74, 6) is -2.29. The number of amides is 1. The molecule has 0 spiro atoms. The summed E-state index contributed by atoms with van der Waals surface area (Å²) in [6.45, 7) is 0. The van der Waals surface area contributed by atoms with E-state index in [1.54, 1.807) is 61.6 Å². The lowest BCUT2D eigenvalue weighted by Crippen LogP contribution is -2.29. The first-order valence-electron chi connectivity index (χ1n) is 7.85. The predicted molar refractivity (Wildman–Crippen MR) is 95.8 cm³/mol. The predicted octanol–water partition coefficient (Wildman–Crippen LogP) is 2.54. The molecule has 1 unspecified atom stereocenters. The maximum atomic E-state index is 12.8. The number of ketones is 1. The van der Waals surface area contributed by atoms with E-state index in [4.69, 9.17) is 4.74 Å². The topological polar surface area (TPSA) is 97.0 Å². The molecule has 0 aliphatic rings. The molecule has 0 radical (unpaired) electrons. The molecule has 1 amide bonds. The van der Waals surface area contributed by atoms with Crippen LogP contribution in [0.1, 0.15) is 10.5 Å². The fraction of sp³-hybridized carbons (Fsp3) is 0.158. The number of hydrogen-bond donors (Lipinski definition) is 1. The number of hydrogen-bond acceptors (Lipinski definition) is 5. The van der Waals surface area contributed by atoms with Crippen LogP contribution in [0.2, 0.25) is 0 Å². The van der Waals surface area contributed by atoms with E-state index in [-0.39, 0.29) is 5.69 Å². The summed E-state index contributed by atoms with van der Waals surface area (Å²) in [6.07, 6.45) is 0. The van der Waals surface area contributed by atoms with Gasteiger partial charge >= 0.3 is 0 Å². The number of ether oxygens (including phenoxy) is 1. The highest BCUT2D eigenvalue weighted by Gasteiger charge is 2.31. The van der Waals surface area contributed by atoms with Gasteiger partial charge in [-0.25, -0.2) is 0 Å². The van der Waals surface area contributed by atoms with Crippen LogP contribution in [0.25, 0.3) is 10.9 Å². The van der Waals surface area contributed by atoms with Gasteiger partial charge in [-0.15, -0.1) is 0 Å². The number of Topliss-reactive ketones (excluding diaryl/α,β-unsaturated/α-hetero) is 1. The third-order valence-corrected chi connectivity index (χ3v) is 3.99. The van der Waals surface area contributed by atoms with E-state index in [1.807, 2.05) is 0 Å². The van der Waals surface area contributed by atoms with Crippen LogP contribution in [0.4, 0.5) is 5.69 Å². The van der Waals surface area contributed by atoms with Crippen molar-refractivity contribution >= 4 is 28.3 Å². The largest absolute Gasteiger partial charge is 0.497 e. The molecule has 1 N–H and O–H groups in total. The second-order valence-electron chi connectivity index (χ2n) is 5.64. The highest BCUT2D eigenvalue weighted by molar-refractivity contribution is 6.18. The van der Waals surface area contributed by atoms with Crippen molar-refractivity contribution in [1.82, 2.24) is 9.78 Å². The summed E-state index contributed by atoms with van der Waals surface area (Å²) in [7, 11) is 3.21. The van der Waals surface area contributed by atoms with Crippen LogP contribution in [0.5, 0.6) is 5.75 Å². The molecule has 1 atom stereocenters. The Morgan fingerprint density at radius 2 is 1.96 bits per heavy atom. The number of benzene rings is 2. The summed E-state index contributed by atoms with van der Waals surface area (Å²) >= 11 is 0. The minimum atomic E-state index is -1.50. The van der Waals surface area contributed by atoms with Gasteiger partial charge in [0.1, 0.15) is 11.4 Å². The highest BCUT2D eigenvalue weighted by atomic mass is 16.5. The molecule has 130 valence electrons. The van der Waals surface area contributed by atoms with Crippen LogP contribution < -0.4 is 10.1 Å². The number of carbonyl (C=O) groups is 2. The first-order chi connectivity index (χ1) is 12.5. The third-order valence-electron chi connectivity index (χ3n) is 3.99. The quantitative estimate of drug-likeness (QED) is 0.564. The van der Waals surface area contributed by atoms with E-state index in [2.05, 4.69) is 10.4 Å². The molecule has 0 bridgehead atoms. The van der Waals surface area contributed by atoms with Crippen molar-refractivity contribution in [2.24, 2.45) is 13.0 Å². The maximum absolute atomic E-state index is 12.8. The number of nitriles is 1. The van der Waals surface area contributed by atoms with Gasteiger partial charge in [0.05, 0.1) is 18.7 Å². The standard InChI is InChI=1S/C19H16N4O3/c1-23-16-9-8-13(26-2)10-14(16)17(22-23)18(24)15(11-20)19(25)21-12-6-4-3-5-7-12/h3-10,15H,1-2H3,(H,21,25). The Bertz CT molecular complexity index is 1020. The number of nitrogens with zero attached hydrogens (tertiary/aromatic N) is 3. The Hall–Kier alpha value is -3.66. The van der Waals surface area contributed by atoms with Crippen LogP contribution in [0.3, 0.4) is 0 Å². The molecule has 26 heavy (non-hydrogen) atoms. The summed E-state index contributed by atoms with van der Waals surface area (Å²) < 4.78 is 6.72. The van der Waals surface area contributed by atoms with Gasteiger partial charge in [0.15, 0.2) is 5.92 Å². The molecule has 7 heteroatoms. The van der Waals surface area contributed by atoms with Crippen LogP contribution in [0.15, 0.2) is 48.5 Å². The van der Waals surface area contributed by atoms with Crippen LogP contribution in [-0.4, -0.2) is 28.6 Å². The summed E-state index contributed by atoms with van der Waals surface area (Å²) in [5.41, 5.74) is 1.28. The van der Waals surface area contributed by atoms with E-state index >= 15 is 0 Å². The Morgan fingerprint density at radius 3 is 2.62 bits per heavy atom. The van der Waals surface area contributed by atoms with Crippen LogP contribution >= 0.6 is 0 Å². The third kappa shape index (κ3) is 3.13. The number of rotatable bonds is 5. The lowest BCUT2D eigenvalue weighted by Gasteiger charge is -2.08. The van der Waals surface area contributed by atoms with E-state index in [0.29, 0.717) is 22.3 Å². The van der Waals surface area contributed by atoms with E-state index in [1.165, 1.54) is 11.8 Å². The van der Waals surface area contributed by atoms with Crippen LogP contribution in [0, 0.1) is 17.2 Å². The van der Waals surface area contributed by atoms with Gasteiger partial charge in [0.25, 0.3) is 0 Å². The van der Waals surface area contributed by atoms with E-state index < -0.39 is 17.6 Å². The Balaban J connectivity index is 1.95. The summed E-state index contributed by atoms with van der Waals surface area (Å²) in [5, 5.41) is 16.7. The first-order valence-corrected chi connectivity index (χ1v) is 7.85. The minimum absolute atomic E-state index is 0.0659. The zero-order valence-electron chi connectivity index (χ0n) is 14.3. The number of aryl methyl sites for hydroxylation is 1. The smallest absolute Gasteiger partial charge is 0.249 e.